The van der Waals surface area contributed by atoms with Crippen molar-refractivity contribution in [3.05, 3.63) is 101 Å². The van der Waals surface area contributed by atoms with E-state index in [0.29, 0.717) is 82.0 Å². The summed E-state index contributed by atoms with van der Waals surface area (Å²) in [6, 6.07) is 18.9. The SMILES string of the molecule is COCCOCCOCCN1c2cc3c(cc2C(C)=CC1(C)C)C(=CC1=[N+](CCCCCC(=O)ON2C(=O)CCC2=O)c2ccc(S(=O)(=O)O)cc2C1(C)C)C=C(c1ccccc1)O3. The second-order valence-corrected chi connectivity index (χ2v) is 18.9. The molecule has 1 fully saturated rings. The molecule has 64 heavy (non-hydrogen) atoms. The van der Waals surface area contributed by atoms with Crippen molar-refractivity contribution in [3.8, 4) is 5.75 Å². The van der Waals surface area contributed by atoms with E-state index in [0.717, 1.165) is 50.5 Å². The van der Waals surface area contributed by atoms with Crippen molar-refractivity contribution in [2.24, 2.45) is 0 Å². The number of allylic oxidation sites excluding steroid dienone is 4. The number of fused-ring (bicyclic) bond motifs is 3. The van der Waals surface area contributed by atoms with E-state index in [2.05, 4.69) is 54.5 Å². The fourth-order valence-electron chi connectivity index (χ4n) is 8.86. The third kappa shape index (κ3) is 10.1. The lowest BCUT2D eigenvalue weighted by atomic mass is 9.80. The number of methoxy groups -OCH3 is 1. The molecule has 14 nitrogen and oxygen atoms in total. The Labute approximate surface area is 375 Å². The Bertz CT molecular complexity index is 2520. The number of ether oxygens (including phenoxy) is 4. The largest absolute Gasteiger partial charge is 0.456 e. The first-order valence-corrected chi connectivity index (χ1v) is 23.2. The van der Waals surface area contributed by atoms with Crippen LogP contribution in [0.4, 0.5) is 11.4 Å². The van der Waals surface area contributed by atoms with Crippen LogP contribution in [0.15, 0.2) is 83.8 Å². The van der Waals surface area contributed by atoms with Gasteiger partial charge in [0.05, 0.1) is 48.9 Å². The van der Waals surface area contributed by atoms with Gasteiger partial charge in [-0.2, -0.15) is 13.0 Å². The van der Waals surface area contributed by atoms with Gasteiger partial charge in [0.15, 0.2) is 5.71 Å². The molecule has 0 radical (unpaired) electrons. The van der Waals surface area contributed by atoms with Crippen LogP contribution in [0.3, 0.4) is 0 Å². The smallest absolute Gasteiger partial charge is 0.333 e. The minimum absolute atomic E-state index is 0.0295. The van der Waals surface area contributed by atoms with Gasteiger partial charge in [-0.3, -0.25) is 14.1 Å². The highest BCUT2D eigenvalue weighted by Gasteiger charge is 2.46. The molecule has 1 saturated heterocycles. The highest BCUT2D eigenvalue weighted by molar-refractivity contribution is 7.85. The van der Waals surface area contributed by atoms with Gasteiger partial charge in [0, 0.05) is 85.5 Å². The van der Waals surface area contributed by atoms with Crippen LogP contribution in [0.25, 0.3) is 16.9 Å². The molecule has 0 unspecified atom stereocenters. The summed E-state index contributed by atoms with van der Waals surface area (Å²) in [7, 11) is -2.84. The Balaban J connectivity index is 1.24. The van der Waals surface area contributed by atoms with Crippen LogP contribution in [-0.2, 0) is 49.0 Å². The summed E-state index contributed by atoms with van der Waals surface area (Å²) in [5, 5.41) is 0.567. The first kappa shape index (κ1) is 46.5. The highest BCUT2D eigenvalue weighted by Crippen LogP contribution is 2.48. The normalized spacial score (nSPS) is 18.1. The summed E-state index contributed by atoms with van der Waals surface area (Å²) < 4.78 is 60.6. The van der Waals surface area contributed by atoms with Gasteiger partial charge in [-0.25, -0.2) is 4.79 Å². The topological polar surface area (TPSA) is 161 Å². The van der Waals surface area contributed by atoms with Crippen molar-refractivity contribution in [2.75, 3.05) is 58.1 Å². The Kier molecular flexibility index (Phi) is 14.1. The number of nitrogens with zero attached hydrogens (tertiary/aromatic N) is 3. The molecule has 7 rings (SSSR count). The first-order valence-electron chi connectivity index (χ1n) is 21.8. The Morgan fingerprint density at radius 1 is 0.891 bits per heavy atom. The molecule has 3 aromatic carbocycles. The average Bonchev–Trinajstić information content (AvgIpc) is 3.67. The van der Waals surface area contributed by atoms with Crippen LogP contribution in [-0.4, -0.2) is 105 Å². The maximum absolute atomic E-state index is 12.5. The van der Waals surface area contributed by atoms with E-state index in [4.69, 9.17) is 23.8 Å². The van der Waals surface area contributed by atoms with Crippen molar-refractivity contribution in [3.63, 3.8) is 0 Å². The zero-order valence-corrected chi connectivity index (χ0v) is 38.3. The Morgan fingerprint density at radius 3 is 2.30 bits per heavy atom. The molecule has 0 aromatic heterocycles. The molecule has 0 saturated carbocycles. The highest BCUT2D eigenvalue weighted by atomic mass is 32.2. The number of imide groups is 1. The molecule has 2 amide bonds. The monoisotopic (exact) mass is 896 g/mol. The number of amides is 2. The zero-order chi connectivity index (χ0) is 45.8. The van der Waals surface area contributed by atoms with Gasteiger partial charge in [0.2, 0.25) is 5.69 Å². The van der Waals surface area contributed by atoms with Gasteiger partial charge in [-0.15, -0.1) is 5.06 Å². The van der Waals surface area contributed by atoms with Crippen molar-refractivity contribution in [1.29, 1.82) is 0 Å². The van der Waals surface area contributed by atoms with E-state index < -0.39 is 33.3 Å². The summed E-state index contributed by atoms with van der Waals surface area (Å²) in [6.45, 7) is 14.3. The molecule has 0 bridgehead atoms. The van der Waals surface area contributed by atoms with Crippen molar-refractivity contribution in [2.45, 2.75) is 89.0 Å². The predicted octanol–water partition coefficient (Wildman–Crippen LogP) is 7.68. The number of hydrogen-bond acceptors (Lipinski definition) is 11. The van der Waals surface area contributed by atoms with E-state index in [1.807, 2.05) is 50.3 Å². The molecule has 3 aromatic rings. The Hall–Kier alpha value is -5.45. The van der Waals surface area contributed by atoms with E-state index in [9.17, 15) is 27.4 Å². The molecular formula is C49H58N3O11S+. The maximum Gasteiger partial charge on any atom is 0.333 e. The molecule has 4 aliphatic heterocycles. The number of unbranched alkanes of at least 4 members (excludes halogenated alkanes) is 2. The molecule has 0 atom stereocenters. The Morgan fingerprint density at radius 2 is 1.59 bits per heavy atom. The molecule has 1 N–H and O–H groups in total. The lowest BCUT2D eigenvalue weighted by Gasteiger charge is -2.44. The van der Waals surface area contributed by atoms with Crippen LogP contribution in [0.2, 0.25) is 0 Å². The van der Waals surface area contributed by atoms with E-state index >= 15 is 0 Å². The fraction of sp³-hybridized carbons (Fsp3) is 0.429. The van der Waals surface area contributed by atoms with E-state index in [1.54, 1.807) is 19.2 Å². The minimum Gasteiger partial charge on any atom is -0.456 e. The third-order valence-electron chi connectivity index (χ3n) is 12.1. The van der Waals surface area contributed by atoms with E-state index in [1.165, 1.54) is 6.07 Å². The van der Waals surface area contributed by atoms with Crippen LogP contribution in [0.5, 0.6) is 5.75 Å². The summed E-state index contributed by atoms with van der Waals surface area (Å²) in [5.41, 5.74) is 7.32. The van der Waals surface area contributed by atoms with E-state index in [-0.39, 0.29) is 29.7 Å². The van der Waals surface area contributed by atoms with Gasteiger partial charge >= 0.3 is 5.97 Å². The number of carbonyl (C=O) groups excluding carboxylic acids is 3. The summed E-state index contributed by atoms with van der Waals surface area (Å²) in [4.78, 5) is 43.7. The van der Waals surface area contributed by atoms with Gasteiger partial charge in [-0.05, 0) is 82.9 Å². The number of anilines is 1. The molecule has 4 aliphatic rings. The van der Waals surface area contributed by atoms with Crippen LogP contribution < -0.4 is 9.64 Å². The van der Waals surface area contributed by atoms with Gasteiger partial charge in [0.25, 0.3) is 21.9 Å². The first-order chi connectivity index (χ1) is 30.5. The van der Waals surface area contributed by atoms with Gasteiger partial charge in [0.1, 0.15) is 18.1 Å². The number of hydrogen-bond donors (Lipinski definition) is 1. The summed E-state index contributed by atoms with van der Waals surface area (Å²) >= 11 is 0. The summed E-state index contributed by atoms with van der Waals surface area (Å²) in [5.74, 6) is -0.320. The average molecular weight is 897 g/mol. The van der Waals surface area contributed by atoms with Gasteiger partial charge in [-0.1, -0.05) is 36.4 Å². The molecular weight excluding hydrogens is 839 g/mol. The standard InChI is InChI=1S/C49H57N3O11S/c1-33-32-48(2,3)51(21-22-60-25-26-61-24-23-59-6)41-31-43-38(30-37(33)41)35(27-42(62-43)34-13-9-7-10-14-34)28-44-49(4,5)39-29-36(64(56,57)58)16-17-40(39)50(44)20-12-8-11-15-47(55)63-52-45(53)18-19-46(52)54/h7,9-10,13-14,16-17,27-32H,8,11-12,15,18-26H2,1-6H3/p+1. The zero-order valence-electron chi connectivity index (χ0n) is 37.5. The number of hydroxylamine groups is 2. The molecule has 4 heterocycles. The maximum atomic E-state index is 12.5. The van der Waals surface area contributed by atoms with Crippen molar-refractivity contribution < 1.29 is 55.7 Å². The molecule has 0 aliphatic carbocycles. The lowest BCUT2D eigenvalue weighted by molar-refractivity contribution is -0.438. The van der Waals surface area contributed by atoms with Crippen LogP contribution >= 0.6 is 0 Å². The third-order valence-corrected chi connectivity index (χ3v) is 13.0. The molecule has 15 heteroatoms. The number of carbonyl (C=O) groups is 3. The number of rotatable bonds is 19. The van der Waals surface area contributed by atoms with Crippen LogP contribution in [0, 0.1) is 0 Å². The summed E-state index contributed by atoms with van der Waals surface area (Å²) in [6.07, 6.45) is 8.31. The number of benzene rings is 3. The molecule has 340 valence electrons. The van der Waals surface area contributed by atoms with Gasteiger partial charge < -0.3 is 28.7 Å². The van der Waals surface area contributed by atoms with Crippen molar-refractivity contribution >= 4 is 61.9 Å². The molecule has 0 spiro atoms. The quantitative estimate of drug-likeness (QED) is 0.0542. The fourth-order valence-corrected chi connectivity index (χ4v) is 9.37. The van der Waals surface area contributed by atoms with Crippen LogP contribution in [0.1, 0.15) is 95.4 Å². The second kappa shape index (κ2) is 19.3. The second-order valence-electron chi connectivity index (χ2n) is 17.5. The minimum atomic E-state index is -4.49. The predicted molar refractivity (Wildman–Crippen MR) is 243 cm³/mol. The van der Waals surface area contributed by atoms with Crippen molar-refractivity contribution in [1.82, 2.24) is 5.06 Å². The lowest BCUT2D eigenvalue weighted by Crippen LogP contribution is -2.47.